The fraction of sp³-hybridized carbons (Fsp3) is 0.375. The summed E-state index contributed by atoms with van der Waals surface area (Å²) in [5, 5.41) is 12.0. The van der Waals surface area contributed by atoms with E-state index in [4.69, 9.17) is 9.47 Å². The van der Waals surface area contributed by atoms with Crippen LogP contribution >= 0.6 is 0 Å². The van der Waals surface area contributed by atoms with Gasteiger partial charge in [-0.15, -0.1) is 0 Å². The molecule has 1 amide bonds. The number of benzene rings is 2. The standard InChI is InChI=1S/C24H28N2O4/c1-5-30-24(19-12-8-6-9-13-19,20-14-10-7-11-15-20)22(28)29-16-21(27)26-23(4,17-25)18(2)3/h6-15,18H,5,16H2,1-4H3,(H,26,27)/t23-/m0/s1. The van der Waals surface area contributed by atoms with E-state index in [1.807, 2.05) is 50.2 Å². The number of carbonyl (C=O) groups excluding carboxylic acids is 2. The third-order valence-electron chi connectivity index (χ3n) is 5.13. The number of hydrogen-bond acceptors (Lipinski definition) is 5. The van der Waals surface area contributed by atoms with Crippen LogP contribution in [-0.4, -0.2) is 30.6 Å². The number of esters is 1. The van der Waals surface area contributed by atoms with Gasteiger partial charge in [-0.3, -0.25) is 4.79 Å². The minimum absolute atomic E-state index is 0.113. The zero-order valence-electron chi connectivity index (χ0n) is 17.8. The molecule has 0 aromatic heterocycles. The molecule has 0 bridgehead atoms. The van der Waals surface area contributed by atoms with Crippen molar-refractivity contribution in [3.63, 3.8) is 0 Å². The van der Waals surface area contributed by atoms with Gasteiger partial charge in [-0.1, -0.05) is 74.5 Å². The molecule has 1 N–H and O–H groups in total. The molecule has 0 saturated carbocycles. The van der Waals surface area contributed by atoms with Crippen LogP contribution < -0.4 is 5.32 Å². The molecule has 30 heavy (non-hydrogen) atoms. The maximum Gasteiger partial charge on any atom is 0.348 e. The van der Waals surface area contributed by atoms with Crippen molar-refractivity contribution in [1.29, 1.82) is 5.26 Å². The molecule has 0 fully saturated rings. The zero-order chi connectivity index (χ0) is 22.2. The quantitative estimate of drug-likeness (QED) is 0.641. The molecule has 6 heteroatoms. The molecule has 2 aromatic rings. The summed E-state index contributed by atoms with van der Waals surface area (Å²) in [5.74, 6) is -1.36. The molecule has 0 spiro atoms. The van der Waals surface area contributed by atoms with Crippen molar-refractivity contribution in [2.45, 2.75) is 38.8 Å². The predicted molar refractivity (Wildman–Crippen MR) is 113 cm³/mol. The number of nitriles is 1. The van der Waals surface area contributed by atoms with Crippen LogP contribution in [-0.2, 0) is 24.7 Å². The summed E-state index contributed by atoms with van der Waals surface area (Å²) in [4.78, 5) is 25.7. The van der Waals surface area contributed by atoms with Crippen LogP contribution in [0.5, 0.6) is 0 Å². The molecule has 0 saturated heterocycles. The van der Waals surface area contributed by atoms with Gasteiger partial charge in [0.25, 0.3) is 5.91 Å². The van der Waals surface area contributed by atoms with Crippen molar-refractivity contribution < 1.29 is 19.1 Å². The lowest BCUT2D eigenvalue weighted by atomic mass is 9.86. The first-order valence-electron chi connectivity index (χ1n) is 9.94. The second-order valence-corrected chi connectivity index (χ2v) is 7.44. The van der Waals surface area contributed by atoms with Crippen molar-refractivity contribution in [1.82, 2.24) is 5.32 Å². The van der Waals surface area contributed by atoms with Gasteiger partial charge >= 0.3 is 5.97 Å². The number of amides is 1. The smallest absolute Gasteiger partial charge is 0.348 e. The Morgan fingerprint density at radius 2 is 1.53 bits per heavy atom. The van der Waals surface area contributed by atoms with Crippen molar-refractivity contribution in [2.24, 2.45) is 5.92 Å². The summed E-state index contributed by atoms with van der Waals surface area (Å²) < 4.78 is 11.4. The van der Waals surface area contributed by atoms with Crippen molar-refractivity contribution in [2.75, 3.05) is 13.2 Å². The number of rotatable bonds is 9. The minimum Gasteiger partial charge on any atom is -0.453 e. The van der Waals surface area contributed by atoms with Crippen LogP contribution in [0.4, 0.5) is 0 Å². The monoisotopic (exact) mass is 408 g/mol. The highest BCUT2D eigenvalue weighted by atomic mass is 16.6. The lowest BCUT2D eigenvalue weighted by Gasteiger charge is -2.32. The first-order valence-corrected chi connectivity index (χ1v) is 9.94. The van der Waals surface area contributed by atoms with E-state index in [1.165, 1.54) is 0 Å². The number of carbonyl (C=O) groups is 2. The Morgan fingerprint density at radius 1 is 1.03 bits per heavy atom. The summed E-state index contributed by atoms with van der Waals surface area (Å²) in [7, 11) is 0. The lowest BCUT2D eigenvalue weighted by Crippen LogP contribution is -2.51. The Bertz CT molecular complexity index is 851. The number of ether oxygens (including phenoxy) is 2. The molecule has 0 radical (unpaired) electrons. The molecular formula is C24H28N2O4. The molecule has 158 valence electrons. The van der Waals surface area contributed by atoms with E-state index in [1.54, 1.807) is 38.1 Å². The van der Waals surface area contributed by atoms with Crippen LogP contribution in [0, 0.1) is 17.2 Å². The molecule has 0 unspecified atom stereocenters. The van der Waals surface area contributed by atoms with Gasteiger partial charge in [-0.05, 0) is 30.9 Å². The Balaban J connectivity index is 2.33. The van der Waals surface area contributed by atoms with Crippen LogP contribution in [0.3, 0.4) is 0 Å². The van der Waals surface area contributed by atoms with Crippen molar-refractivity contribution in [3.05, 3.63) is 71.8 Å². The van der Waals surface area contributed by atoms with E-state index in [0.29, 0.717) is 11.1 Å². The van der Waals surface area contributed by atoms with Gasteiger partial charge in [-0.2, -0.15) is 5.26 Å². The van der Waals surface area contributed by atoms with E-state index in [-0.39, 0.29) is 12.5 Å². The van der Waals surface area contributed by atoms with E-state index < -0.39 is 29.6 Å². The molecule has 2 rings (SSSR count). The average molecular weight is 408 g/mol. The van der Waals surface area contributed by atoms with E-state index in [0.717, 1.165) is 0 Å². The highest BCUT2D eigenvalue weighted by molar-refractivity contribution is 5.88. The Labute approximate surface area is 177 Å². The molecule has 2 aromatic carbocycles. The first kappa shape index (κ1) is 23.1. The van der Waals surface area contributed by atoms with Crippen molar-refractivity contribution in [3.8, 4) is 6.07 Å². The van der Waals surface area contributed by atoms with Gasteiger partial charge in [0.1, 0.15) is 5.54 Å². The van der Waals surface area contributed by atoms with Crippen LogP contribution in [0.2, 0.25) is 0 Å². The summed E-state index contributed by atoms with van der Waals surface area (Å²) in [6, 6.07) is 20.2. The van der Waals surface area contributed by atoms with Crippen LogP contribution in [0.1, 0.15) is 38.8 Å². The van der Waals surface area contributed by atoms with Gasteiger partial charge < -0.3 is 14.8 Å². The topological polar surface area (TPSA) is 88.4 Å². The van der Waals surface area contributed by atoms with Gasteiger partial charge in [0.2, 0.25) is 5.60 Å². The second-order valence-electron chi connectivity index (χ2n) is 7.44. The fourth-order valence-corrected chi connectivity index (χ4v) is 3.05. The van der Waals surface area contributed by atoms with Gasteiger partial charge in [0, 0.05) is 6.61 Å². The third kappa shape index (κ3) is 4.87. The Morgan fingerprint density at radius 3 is 1.93 bits per heavy atom. The van der Waals surface area contributed by atoms with Crippen LogP contribution in [0.25, 0.3) is 0 Å². The summed E-state index contributed by atoms with van der Waals surface area (Å²) in [6.45, 7) is 6.83. The number of nitrogens with zero attached hydrogens (tertiary/aromatic N) is 1. The normalized spacial score (nSPS) is 13.2. The molecule has 0 aliphatic heterocycles. The lowest BCUT2D eigenvalue weighted by molar-refractivity contribution is -0.170. The van der Waals surface area contributed by atoms with E-state index in [9.17, 15) is 14.9 Å². The molecule has 1 atom stereocenters. The largest absolute Gasteiger partial charge is 0.453 e. The number of hydrogen-bond donors (Lipinski definition) is 1. The second kappa shape index (κ2) is 10.0. The van der Waals surface area contributed by atoms with Gasteiger partial charge in [-0.25, -0.2) is 4.79 Å². The van der Waals surface area contributed by atoms with Gasteiger partial charge in [0.05, 0.1) is 6.07 Å². The maximum absolute atomic E-state index is 13.3. The summed E-state index contributed by atoms with van der Waals surface area (Å²) in [5.41, 5.74) is -1.35. The highest BCUT2D eigenvalue weighted by Crippen LogP contribution is 2.35. The van der Waals surface area contributed by atoms with E-state index >= 15 is 0 Å². The molecule has 0 aliphatic carbocycles. The van der Waals surface area contributed by atoms with Crippen LogP contribution in [0.15, 0.2) is 60.7 Å². The fourth-order valence-electron chi connectivity index (χ4n) is 3.05. The molecular weight excluding hydrogens is 380 g/mol. The maximum atomic E-state index is 13.3. The molecule has 6 nitrogen and oxygen atoms in total. The highest BCUT2D eigenvalue weighted by Gasteiger charge is 2.45. The van der Waals surface area contributed by atoms with E-state index in [2.05, 4.69) is 11.4 Å². The zero-order valence-corrected chi connectivity index (χ0v) is 17.8. The SMILES string of the molecule is CCOC(C(=O)OCC(=O)N[C@@](C)(C#N)C(C)C)(c1ccccc1)c1ccccc1. The minimum atomic E-state index is -1.51. The van der Waals surface area contributed by atoms with Crippen molar-refractivity contribution >= 4 is 11.9 Å². The predicted octanol–water partition coefficient (Wildman–Crippen LogP) is 3.56. The number of nitrogens with one attached hydrogen (secondary N) is 1. The first-order chi connectivity index (χ1) is 14.3. The Hall–Kier alpha value is -3.17. The summed E-state index contributed by atoms with van der Waals surface area (Å²) >= 11 is 0. The summed E-state index contributed by atoms with van der Waals surface area (Å²) in [6.07, 6.45) is 0. The molecule has 0 aliphatic rings. The Kier molecular flexibility index (Phi) is 7.73. The average Bonchev–Trinajstić information content (AvgIpc) is 2.76. The molecule has 0 heterocycles. The van der Waals surface area contributed by atoms with Gasteiger partial charge in [0.15, 0.2) is 6.61 Å². The third-order valence-corrected chi connectivity index (χ3v) is 5.13.